The zero-order valence-electron chi connectivity index (χ0n) is 10.7. The predicted octanol–water partition coefficient (Wildman–Crippen LogP) is 2.83. The summed E-state index contributed by atoms with van der Waals surface area (Å²) in [7, 11) is 0. The molecule has 108 valence electrons. The van der Waals surface area contributed by atoms with Crippen molar-refractivity contribution in [1.82, 2.24) is 0 Å². The fourth-order valence-electron chi connectivity index (χ4n) is 1.72. The van der Waals surface area contributed by atoms with E-state index in [0.29, 0.717) is 10.6 Å². The number of carbonyl (C=O) groups excluding carboxylic acids is 1. The molecule has 0 aliphatic carbocycles. The van der Waals surface area contributed by atoms with Gasteiger partial charge in [0.25, 0.3) is 5.91 Å². The number of hydrogen-bond acceptors (Lipinski definition) is 3. The number of nitrogens with two attached hydrogens (primary N) is 1. The molecular formula is C14H11ClFN3O2. The summed E-state index contributed by atoms with van der Waals surface area (Å²) in [4.78, 5) is 12.1. The number of halogens is 2. The van der Waals surface area contributed by atoms with Crippen LogP contribution in [0.1, 0.15) is 15.9 Å². The first-order valence-electron chi connectivity index (χ1n) is 5.85. The zero-order valence-corrected chi connectivity index (χ0v) is 11.4. The fourth-order valence-corrected chi connectivity index (χ4v) is 1.89. The maximum absolute atomic E-state index is 13.1. The molecule has 4 N–H and O–H groups in total. The summed E-state index contributed by atoms with van der Waals surface area (Å²) in [6, 6.07) is 9.71. The summed E-state index contributed by atoms with van der Waals surface area (Å²) in [6.07, 6.45) is 0. The highest BCUT2D eigenvalue weighted by Gasteiger charge is 2.13. The van der Waals surface area contributed by atoms with Gasteiger partial charge in [0.1, 0.15) is 5.82 Å². The molecule has 0 spiro atoms. The Balaban J connectivity index is 2.35. The molecule has 0 radical (unpaired) electrons. The van der Waals surface area contributed by atoms with E-state index in [1.54, 1.807) is 0 Å². The van der Waals surface area contributed by atoms with Crippen LogP contribution < -0.4 is 11.1 Å². The van der Waals surface area contributed by atoms with E-state index in [2.05, 4.69) is 10.5 Å². The van der Waals surface area contributed by atoms with Crippen LogP contribution >= 0.6 is 11.6 Å². The first kappa shape index (κ1) is 14.8. The molecule has 0 heterocycles. The average Bonchev–Trinajstić information content (AvgIpc) is 2.46. The minimum absolute atomic E-state index is 0.139. The van der Waals surface area contributed by atoms with Crippen LogP contribution in [0.25, 0.3) is 0 Å². The molecule has 21 heavy (non-hydrogen) atoms. The first-order valence-corrected chi connectivity index (χ1v) is 6.23. The van der Waals surface area contributed by atoms with Crippen molar-refractivity contribution >= 4 is 29.0 Å². The number of nitrogens with zero attached hydrogens (tertiary/aromatic N) is 1. The van der Waals surface area contributed by atoms with Gasteiger partial charge in [0.2, 0.25) is 0 Å². The second kappa shape index (κ2) is 6.23. The minimum atomic E-state index is -0.538. The lowest BCUT2D eigenvalue weighted by Crippen LogP contribution is -2.19. The van der Waals surface area contributed by atoms with Crippen molar-refractivity contribution in [3.8, 4) is 0 Å². The van der Waals surface area contributed by atoms with Gasteiger partial charge < -0.3 is 16.3 Å². The summed E-state index contributed by atoms with van der Waals surface area (Å²) in [6.45, 7) is 0. The van der Waals surface area contributed by atoms with E-state index < -0.39 is 11.7 Å². The molecule has 7 heteroatoms. The molecule has 2 rings (SSSR count). The highest BCUT2D eigenvalue weighted by Crippen LogP contribution is 2.22. The molecule has 0 aliphatic rings. The first-order chi connectivity index (χ1) is 10.0. The highest BCUT2D eigenvalue weighted by atomic mass is 35.5. The Morgan fingerprint density at radius 2 is 2.05 bits per heavy atom. The Morgan fingerprint density at radius 3 is 2.71 bits per heavy atom. The van der Waals surface area contributed by atoms with Crippen molar-refractivity contribution in [1.29, 1.82) is 0 Å². The Bertz CT molecular complexity index is 719. The number of benzene rings is 2. The van der Waals surface area contributed by atoms with Gasteiger partial charge in [0.05, 0.1) is 5.69 Å². The summed E-state index contributed by atoms with van der Waals surface area (Å²) in [5.41, 5.74) is 6.22. The van der Waals surface area contributed by atoms with Gasteiger partial charge >= 0.3 is 0 Å². The third-order valence-corrected chi connectivity index (χ3v) is 2.94. The third-order valence-electron chi connectivity index (χ3n) is 2.70. The van der Waals surface area contributed by atoms with E-state index in [1.165, 1.54) is 36.4 Å². The van der Waals surface area contributed by atoms with Gasteiger partial charge in [0.15, 0.2) is 5.84 Å². The number of amides is 1. The van der Waals surface area contributed by atoms with E-state index >= 15 is 0 Å². The lowest BCUT2D eigenvalue weighted by molar-refractivity contribution is 0.102. The molecule has 0 atom stereocenters. The molecule has 5 nitrogen and oxygen atoms in total. The molecule has 2 aromatic rings. The van der Waals surface area contributed by atoms with Crippen LogP contribution in [0, 0.1) is 5.82 Å². The van der Waals surface area contributed by atoms with Crippen molar-refractivity contribution in [3.05, 3.63) is 64.4 Å². The molecule has 0 fully saturated rings. The van der Waals surface area contributed by atoms with Crippen LogP contribution in [0.5, 0.6) is 0 Å². The van der Waals surface area contributed by atoms with E-state index in [0.717, 1.165) is 6.07 Å². The number of anilines is 1. The van der Waals surface area contributed by atoms with Crippen LogP contribution in [0.3, 0.4) is 0 Å². The number of hydrogen-bond donors (Lipinski definition) is 3. The Labute approximate surface area is 124 Å². The molecular weight excluding hydrogens is 297 g/mol. The van der Waals surface area contributed by atoms with E-state index in [1.807, 2.05) is 0 Å². The van der Waals surface area contributed by atoms with Gasteiger partial charge in [-0.15, -0.1) is 0 Å². The predicted molar refractivity (Wildman–Crippen MR) is 78.3 cm³/mol. The molecule has 0 aliphatic heterocycles. The van der Waals surface area contributed by atoms with Crippen molar-refractivity contribution in [2.75, 3.05) is 5.32 Å². The summed E-state index contributed by atoms with van der Waals surface area (Å²) in [5, 5.41) is 14.5. The van der Waals surface area contributed by atoms with Crippen molar-refractivity contribution in [2.24, 2.45) is 10.9 Å². The number of amidine groups is 1. The highest BCUT2D eigenvalue weighted by molar-refractivity contribution is 6.31. The SMILES string of the molecule is NC(=NO)c1ccc(Cl)cc1NC(=O)c1cccc(F)c1. The van der Waals surface area contributed by atoms with Crippen LogP contribution in [-0.2, 0) is 0 Å². The molecule has 0 saturated heterocycles. The van der Waals surface area contributed by atoms with Crippen LogP contribution in [-0.4, -0.2) is 17.0 Å². The second-order valence-electron chi connectivity index (χ2n) is 4.14. The summed E-state index contributed by atoms with van der Waals surface area (Å²) >= 11 is 5.86. The quantitative estimate of drug-likeness (QED) is 0.352. The van der Waals surface area contributed by atoms with Crippen molar-refractivity contribution in [3.63, 3.8) is 0 Å². The van der Waals surface area contributed by atoms with Crippen LogP contribution in [0.15, 0.2) is 47.6 Å². The Kier molecular flexibility index (Phi) is 4.39. The largest absolute Gasteiger partial charge is 0.409 e. The summed E-state index contributed by atoms with van der Waals surface area (Å²) in [5.74, 6) is -1.24. The average molecular weight is 308 g/mol. The van der Waals surface area contributed by atoms with E-state index in [4.69, 9.17) is 22.5 Å². The lowest BCUT2D eigenvalue weighted by atomic mass is 10.1. The normalized spacial score (nSPS) is 11.2. The van der Waals surface area contributed by atoms with Gasteiger partial charge in [-0.05, 0) is 36.4 Å². The van der Waals surface area contributed by atoms with E-state index in [9.17, 15) is 9.18 Å². The van der Waals surface area contributed by atoms with Gasteiger partial charge in [-0.2, -0.15) is 0 Å². The Hall–Kier alpha value is -2.60. The zero-order chi connectivity index (χ0) is 15.4. The van der Waals surface area contributed by atoms with Crippen molar-refractivity contribution in [2.45, 2.75) is 0 Å². The smallest absolute Gasteiger partial charge is 0.255 e. The van der Waals surface area contributed by atoms with Gasteiger partial charge in [-0.25, -0.2) is 4.39 Å². The Morgan fingerprint density at radius 1 is 1.29 bits per heavy atom. The van der Waals surface area contributed by atoms with Crippen molar-refractivity contribution < 1.29 is 14.4 Å². The molecule has 1 amide bonds. The van der Waals surface area contributed by atoms with Crippen LogP contribution in [0.2, 0.25) is 5.02 Å². The summed E-state index contributed by atoms with van der Waals surface area (Å²) < 4.78 is 13.1. The number of rotatable bonds is 3. The molecule has 0 saturated carbocycles. The maximum atomic E-state index is 13.1. The van der Waals surface area contributed by atoms with Gasteiger partial charge in [0, 0.05) is 16.1 Å². The number of carbonyl (C=O) groups is 1. The standard InChI is InChI=1S/C14H11ClFN3O2/c15-9-4-5-11(13(17)19-21)12(7-9)18-14(20)8-2-1-3-10(16)6-8/h1-7,21H,(H2,17,19)(H,18,20). The van der Waals surface area contributed by atoms with Gasteiger partial charge in [-0.1, -0.05) is 22.8 Å². The number of oxime groups is 1. The molecule has 0 unspecified atom stereocenters. The monoisotopic (exact) mass is 307 g/mol. The lowest BCUT2D eigenvalue weighted by Gasteiger charge is -2.10. The van der Waals surface area contributed by atoms with Gasteiger partial charge in [-0.3, -0.25) is 4.79 Å². The molecule has 0 bridgehead atoms. The minimum Gasteiger partial charge on any atom is -0.409 e. The van der Waals surface area contributed by atoms with Crippen LogP contribution in [0.4, 0.5) is 10.1 Å². The van der Waals surface area contributed by atoms with E-state index in [-0.39, 0.29) is 17.1 Å². The fraction of sp³-hybridized carbons (Fsp3) is 0. The maximum Gasteiger partial charge on any atom is 0.255 e. The topological polar surface area (TPSA) is 87.7 Å². The molecule has 0 aromatic heterocycles. The second-order valence-corrected chi connectivity index (χ2v) is 4.58. The third kappa shape index (κ3) is 3.49. The number of nitrogens with one attached hydrogen (secondary N) is 1. The molecule has 2 aromatic carbocycles.